The van der Waals surface area contributed by atoms with Crippen molar-refractivity contribution in [2.75, 3.05) is 13.1 Å². The van der Waals surface area contributed by atoms with Crippen LogP contribution in [0.3, 0.4) is 0 Å². The molecule has 1 N–H and O–H groups in total. The van der Waals surface area contributed by atoms with Crippen LogP contribution in [0.5, 0.6) is 0 Å². The SMILES string of the molecule is C1=CNOC=C1.O=C(c1ccccc1)N1CCCCC1. The number of rotatable bonds is 1. The first-order valence-electron chi connectivity index (χ1n) is 6.95. The maximum Gasteiger partial charge on any atom is 0.253 e. The van der Waals surface area contributed by atoms with Crippen LogP contribution in [0.15, 0.2) is 54.9 Å². The Morgan fingerprint density at radius 1 is 1.05 bits per heavy atom. The van der Waals surface area contributed by atoms with Crippen molar-refractivity contribution in [3.8, 4) is 0 Å². The fraction of sp³-hybridized carbons (Fsp3) is 0.312. The van der Waals surface area contributed by atoms with E-state index in [9.17, 15) is 4.79 Å². The smallest absolute Gasteiger partial charge is 0.253 e. The van der Waals surface area contributed by atoms with E-state index in [-0.39, 0.29) is 5.91 Å². The molecule has 1 aromatic rings. The fourth-order valence-corrected chi connectivity index (χ4v) is 2.12. The van der Waals surface area contributed by atoms with Gasteiger partial charge < -0.3 is 9.74 Å². The second kappa shape index (κ2) is 8.04. The largest absolute Gasteiger partial charge is 0.391 e. The topological polar surface area (TPSA) is 41.6 Å². The van der Waals surface area contributed by atoms with Crippen LogP contribution >= 0.6 is 0 Å². The average Bonchev–Trinajstić information content (AvgIpc) is 2.58. The molecule has 0 bridgehead atoms. The van der Waals surface area contributed by atoms with Gasteiger partial charge in [-0.2, -0.15) is 0 Å². The van der Waals surface area contributed by atoms with E-state index in [0.29, 0.717) is 0 Å². The summed E-state index contributed by atoms with van der Waals surface area (Å²) in [6.45, 7) is 1.85. The molecular formula is C16H20N2O2. The van der Waals surface area contributed by atoms with E-state index in [2.05, 4.69) is 10.3 Å². The van der Waals surface area contributed by atoms with Gasteiger partial charge in [0, 0.05) is 24.9 Å². The number of amides is 1. The van der Waals surface area contributed by atoms with Gasteiger partial charge in [-0.05, 0) is 43.5 Å². The summed E-state index contributed by atoms with van der Waals surface area (Å²) in [5.41, 5.74) is 3.33. The highest BCUT2D eigenvalue weighted by atomic mass is 16.6. The number of carbonyl (C=O) groups excluding carboxylic acids is 1. The van der Waals surface area contributed by atoms with Crippen LogP contribution < -0.4 is 5.48 Å². The van der Waals surface area contributed by atoms with Crippen LogP contribution in [-0.4, -0.2) is 23.9 Å². The number of hydrogen-bond donors (Lipinski definition) is 1. The van der Waals surface area contributed by atoms with E-state index in [1.165, 1.54) is 6.42 Å². The maximum atomic E-state index is 11.9. The lowest BCUT2D eigenvalue weighted by molar-refractivity contribution is 0.0724. The second-order valence-corrected chi connectivity index (χ2v) is 4.64. The molecular weight excluding hydrogens is 252 g/mol. The number of carbonyl (C=O) groups is 1. The van der Waals surface area contributed by atoms with Gasteiger partial charge in [0.15, 0.2) is 0 Å². The molecule has 4 heteroatoms. The molecule has 0 aromatic heterocycles. The van der Waals surface area contributed by atoms with Crippen LogP contribution in [-0.2, 0) is 4.84 Å². The molecule has 0 spiro atoms. The first kappa shape index (κ1) is 14.2. The highest BCUT2D eigenvalue weighted by Crippen LogP contribution is 2.12. The third-order valence-electron chi connectivity index (χ3n) is 3.15. The molecule has 2 aliphatic rings. The van der Waals surface area contributed by atoms with Crippen LogP contribution in [0.2, 0.25) is 0 Å². The Kier molecular flexibility index (Phi) is 5.71. The summed E-state index contributed by atoms with van der Waals surface area (Å²) in [6.07, 6.45) is 10.5. The number of nitrogens with zero attached hydrogens (tertiary/aromatic N) is 1. The van der Waals surface area contributed by atoms with E-state index in [1.54, 1.807) is 18.5 Å². The van der Waals surface area contributed by atoms with E-state index >= 15 is 0 Å². The molecule has 2 aliphatic heterocycles. The Bertz CT molecular complexity index is 451. The Labute approximate surface area is 119 Å². The number of hydroxylamine groups is 1. The van der Waals surface area contributed by atoms with Crippen LogP contribution in [0.25, 0.3) is 0 Å². The minimum Gasteiger partial charge on any atom is -0.391 e. The highest BCUT2D eigenvalue weighted by molar-refractivity contribution is 5.94. The maximum absolute atomic E-state index is 11.9. The molecule has 1 amide bonds. The predicted molar refractivity (Wildman–Crippen MR) is 78.7 cm³/mol. The van der Waals surface area contributed by atoms with Gasteiger partial charge in [0.25, 0.3) is 5.91 Å². The predicted octanol–water partition coefficient (Wildman–Crippen LogP) is 2.86. The normalized spacial score (nSPS) is 16.5. The van der Waals surface area contributed by atoms with Crippen LogP contribution in [0, 0.1) is 0 Å². The fourth-order valence-electron chi connectivity index (χ4n) is 2.12. The van der Waals surface area contributed by atoms with Crippen LogP contribution in [0.1, 0.15) is 29.6 Å². The summed E-state index contributed by atoms with van der Waals surface area (Å²) in [4.78, 5) is 18.4. The lowest BCUT2D eigenvalue weighted by Gasteiger charge is -2.26. The molecule has 1 saturated heterocycles. The van der Waals surface area contributed by atoms with Gasteiger partial charge >= 0.3 is 0 Å². The molecule has 0 atom stereocenters. The number of nitrogens with one attached hydrogen (secondary N) is 1. The molecule has 0 aliphatic carbocycles. The number of hydrogen-bond acceptors (Lipinski definition) is 3. The summed E-state index contributed by atoms with van der Waals surface area (Å²) >= 11 is 0. The van der Waals surface area contributed by atoms with Crippen molar-refractivity contribution >= 4 is 5.91 Å². The van der Waals surface area contributed by atoms with Gasteiger partial charge in [0.05, 0.1) is 0 Å². The summed E-state index contributed by atoms with van der Waals surface area (Å²) < 4.78 is 0. The number of benzene rings is 1. The van der Waals surface area contributed by atoms with E-state index in [4.69, 9.17) is 0 Å². The molecule has 1 aromatic carbocycles. The van der Waals surface area contributed by atoms with Crippen molar-refractivity contribution in [3.05, 3.63) is 60.5 Å². The first-order chi connectivity index (χ1) is 9.88. The number of likely N-dealkylation sites (tertiary alicyclic amines) is 1. The average molecular weight is 272 g/mol. The standard InChI is InChI=1S/C12H15NO.C4H5NO/c14-12(11-7-3-1-4-8-11)13-9-5-2-6-10-13;1-2-4-6-5-3-1/h1,3-4,7-8H,2,5-6,9-10H2;1-5H. The Balaban J connectivity index is 0.000000205. The second-order valence-electron chi connectivity index (χ2n) is 4.64. The molecule has 1 fully saturated rings. The lowest BCUT2D eigenvalue weighted by atomic mass is 10.1. The minimum absolute atomic E-state index is 0.185. The third-order valence-corrected chi connectivity index (χ3v) is 3.15. The number of allylic oxidation sites excluding steroid dienone is 2. The molecule has 0 saturated carbocycles. The lowest BCUT2D eigenvalue weighted by Crippen LogP contribution is -2.35. The highest BCUT2D eigenvalue weighted by Gasteiger charge is 2.17. The summed E-state index contributed by atoms with van der Waals surface area (Å²) in [6, 6.07) is 9.54. The monoisotopic (exact) mass is 272 g/mol. The van der Waals surface area contributed by atoms with E-state index in [0.717, 1.165) is 31.5 Å². The summed E-state index contributed by atoms with van der Waals surface area (Å²) in [5, 5.41) is 0. The minimum atomic E-state index is 0.185. The molecule has 20 heavy (non-hydrogen) atoms. The zero-order valence-corrected chi connectivity index (χ0v) is 11.5. The van der Waals surface area contributed by atoms with Crippen molar-refractivity contribution in [1.29, 1.82) is 0 Å². The van der Waals surface area contributed by atoms with Crippen molar-refractivity contribution in [1.82, 2.24) is 10.4 Å². The van der Waals surface area contributed by atoms with Gasteiger partial charge in [-0.1, -0.05) is 18.2 Å². The Morgan fingerprint density at radius 3 is 2.30 bits per heavy atom. The van der Waals surface area contributed by atoms with Crippen molar-refractivity contribution in [2.45, 2.75) is 19.3 Å². The third kappa shape index (κ3) is 4.46. The molecule has 2 heterocycles. The van der Waals surface area contributed by atoms with Gasteiger partial charge in [-0.15, -0.1) is 0 Å². The Morgan fingerprint density at radius 2 is 1.80 bits per heavy atom. The summed E-state index contributed by atoms with van der Waals surface area (Å²) in [5.74, 6) is 0.185. The summed E-state index contributed by atoms with van der Waals surface area (Å²) in [7, 11) is 0. The van der Waals surface area contributed by atoms with Gasteiger partial charge in [-0.3, -0.25) is 4.79 Å². The quantitative estimate of drug-likeness (QED) is 0.854. The number of piperidine rings is 1. The first-order valence-corrected chi connectivity index (χ1v) is 6.95. The molecule has 0 radical (unpaired) electrons. The van der Waals surface area contributed by atoms with E-state index < -0.39 is 0 Å². The van der Waals surface area contributed by atoms with Crippen molar-refractivity contribution < 1.29 is 9.63 Å². The van der Waals surface area contributed by atoms with Gasteiger partial charge in [0.2, 0.25) is 0 Å². The van der Waals surface area contributed by atoms with Gasteiger partial charge in [-0.25, -0.2) is 5.48 Å². The molecule has 106 valence electrons. The Hall–Kier alpha value is -2.23. The molecule has 0 unspecified atom stereocenters. The zero-order chi connectivity index (χ0) is 14.0. The van der Waals surface area contributed by atoms with E-state index in [1.807, 2.05) is 41.3 Å². The zero-order valence-electron chi connectivity index (χ0n) is 11.5. The molecule has 4 nitrogen and oxygen atoms in total. The van der Waals surface area contributed by atoms with Crippen molar-refractivity contribution in [3.63, 3.8) is 0 Å². The van der Waals surface area contributed by atoms with Crippen LogP contribution in [0.4, 0.5) is 0 Å². The van der Waals surface area contributed by atoms with Crippen molar-refractivity contribution in [2.24, 2.45) is 0 Å². The molecule has 3 rings (SSSR count). The van der Waals surface area contributed by atoms with Gasteiger partial charge in [0.1, 0.15) is 6.26 Å².